The lowest BCUT2D eigenvalue weighted by molar-refractivity contribution is 0.0683. The van der Waals surface area contributed by atoms with Gasteiger partial charge < -0.3 is 9.42 Å². The molecule has 124 valence electrons. The quantitative estimate of drug-likeness (QED) is 0.930. The van der Waals surface area contributed by atoms with E-state index in [0.29, 0.717) is 30.7 Å². The van der Waals surface area contributed by atoms with Gasteiger partial charge in [0.05, 0.1) is 0 Å². The summed E-state index contributed by atoms with van der Waals surface area (Å²) in [5.74, 6) is 1.29. The molecule has 7 nitrogen and oxygen atoms in total. The lowest BCUT2D eigenvalue weighted by Crippen LogP contribution is -2.39. The summed E-state index contributed by atoms with van der Waals surface area (Å²) in [7, 11) is 0. The van der Waals surface area contributed by atoms with E-state index in [2.05, 4.69) is 20.3 Å². The number of halogens is 2. The third-order valence-electron chi connectivity index (χ3n) is 3.99. The highest BCUT2D eigenvalue weighted by molar-refractivity contribution is 5.92. The number of piperidine rings is 1. The van der Waals surface area contributed by atoms with Gasteiger partial charge in [-0.1, -0.05) is 5.16 Å². The average Bonchev–Trinajstić information content (AvgIpc) is 3.17. The number of aryl methyl sites for hydroxylation is 1. The zero-order valence-electron chi connectivity index (χ0n) is 12.6. The minimum absolute atomic E-state index is 0.0348. The molecule has 0 atom stereocenters. The highest BCUT2D eigenvalue weighted by Gasteiger charge is 2.26. The fraction of sp³-hybridized carbons (Fsp3) is 0.571. The van der Waals surface area contributed by atoms with Crippen LogP contribution in [0.2, 0.25) is 0 Å². The van der Waals surface area contributed by atoms with Crippen LogP contribution in [0, 0.1) is 12.8 Å². The number of alkyl halides is 2. The molecular weight excluding hydrogens is 308 g/mol. The van der Waals surface area contributed by atoms with Crippen molar-refractivity contribution in [3.63, 3.8) is 0 Å². The van der Waals surface area contributed by atoms with Crippen LogP contribution in [0.25, 0.3) is 0 Å². The van der Waals surface area contributed by atoms with E-state index < -0.39 is 6.43 Å². The molecule has 1 fully saturated rings. The molecule has 0 unspecified atom stereocenters. The highest BCUT2D eigenvalue weighted by Crippen LogP contribution is 2.23. The Bertz CT molecular complexity index is 676. The van der Waals surface area contributed by atoms with E-state index in [1.807, 2.05) is 0 Å². The van der Waals surface area contributed by atoms with E-state index in [1.165, 1.54) is 0 Å². The van der Waals surface area contributed by atoms with Crippen molar-refractivity contribution in [2.75, 3.05) is 13.1 Å². The Kier molecular flexibility index (Phi) is 4.35. The van der Waals surface area contributed by atoms with Gasteiger partial charge in [0.2, 0.25) is 5.89 Å². The van der Waals surface area contributed by atoms with E-state index in [9.17, 15) is 13.6 Å². The first kappa shape index (κ1) is 15.6. The van der Waals surface area contributed by atoms with Crippen LogP contribution in [0.5, 0.6) is 0 Å². The van der Waals surface area contributed by atoms with Crippen molar-refractivity contribution < 1.29 is 18.1 Å². The van der Waals surface area contributed by atoms with Crippen LogP contribution in [0.1, 0.15) is 47.2 Å². The largest absolute Gasteiger partial charge is 0.340 e. The molecule has 3 rings (SSSR count). The minimum atomic E-state index is -2.66. The smallest absolute Gasteiger partial charge is 0.279 e. The summed E-state index contributed by atoms with van der Waals surface area (Å²) in [5, 5.41) is 9.75. The van der Waals surface area contributed by atoms with Gasteiger partial charge in [-0.3, -0.25) is 9.89 Å². The molecular formula is C14H17F2N5O2. The number of likely N-dealkylation sites (tertiary alicyclic amines) is 1. The summed E-state index contributed by atoms with van der Waals surface area (Å²) >= 11 is 0. The van der Waals surface area contributed by atoms with E-state index in [4.69, 9.17) is 4.52 Å². The standard InChI is InChI=1S/C14H17F2N5O2/c1-8-17-12(20-23-8)6-9-2-4-21(5-3-9)14(22)11-7-10(13(15)16)18-19-11/h7,9,13H,2-6H2,1H3,(H,18,19). The van der Waals surface area contributed by atoms with Crippen LogP contribution in [-0.2, 0) is 6.42 Å². The zero-order chi connectivity index (χ0) is 16.4. The molecule has 1 amide bonds. The summed E-state index contributed by atoms with van der Waals surface area (Å²) in [5.41, 5.74) is -0.303. The number of carbonyl (C=O) groups is 1. The van der Waals surface area contributed by atoms with E-state index in [-0.39, 0.29) is 17.3 Å². The van der Waals surface area contributed by atoms with Gasteiger partial charge in [0, 0.05) is 26.4 Å². The van der Waals surface area contributed by atoms with Gasteiger partial charge >= 0.3 is 0 Å². The van der Waals surface area contributed by atoms with E-state index >= 15 is 0 Å². The van der Waals surface area contributed by atoms with Gasteiger partial charge in [-0.05, 0) is 24.8 Å². The third-order valence-corrected chi connectivity index (χ3v) is 3.99. The first-order valence-corrected chi connectivity index (χ1v) is 7.45. The van der Waals surface area contributed by atoms with Crippen LogP contribution >= 0.6 is 0 Å². The maximum absolute atomic E-state index is 12.5. The molecule has 1 aliphatic rings. The van der Waals surface area contributed by atoms with Crippen LogP contribution in [-0.4, -0.2) is 44.2 Å². The Morgan fingerprint density at radius 2 is 2.22 bits per heavy atom. The highest BCUT2D eigenvalue weighted by atomic mass is 19.3. The maximum Gasteiger partial charge on any atom is 0.279 e. The number of rotatable bonds is 4. The Morgan fingerprint density at radius 1 is 1.48 bits per heavy atom. The van der Waals surface area contributed by atoms with Gasteiger partial charge in [-0.2, -0.15) is 10.1 Å². The van der Waals surface area contributed by atoms with Gasteiger partial charge in [-0.15, -0.1) is 0 Å². The van der Waals surface area contributed by atoms with Crippen molar-refractivity contribution in [1.29, 1.82) is 0 Å². The molecule has 0 spiro atoms. The first-order valence-electron chi connectivity index (χ1n) is 7.45. The predicted molar refractivity (Wildman–Crippen MR) is 74.9 cm³/mol. The summed E-state index contributed by atoms with van der Waals surface area (Å²) in [6.45, 7) is 2.88. The van der Waals surface area contributed by atoms with Crippen molar-refractivity contribution in [2.45, 2.75) is 32.6 Å². The molecule has 1 saturated heterocycles. The fourth-order valence-corrected chi connectivity index (χ4v) is 2.74. The van der Waals surface area contributed by atoms with Crippen molar-refractivity contribution >= 4 is 5.91 Å². The molecule has 0 aliphatic carbocycles. The second-order valence-corrected chi connectivity index (χ2v) is 5.68. The maximum atomic E-state index is 12.5. The molecule has 0 radical (unpaired) electrons. The Balaban J connectivity index is 1.54. The number of aromatic amines is 1. The van der Waals surface area contributed by atoms with Gasteiger partial charge in [0.15, 0.2) is 11.5 Å². The Hall–Kier alpha value is -2.32. The molecule has 0 saturated carbocycles. The molecule has 0 aromatic carbocycles. The van der Waals surface area contributed by atoms with Crippen molar-refractivity contribution in [3.05, 3.63) is 29.2 Å². The molecule has 0 bridgehead atoms. The summed E-state index contributed by atoms with van der Waals surface area (Å²) in [6, 6.07) is 1.11. The van der Waals surface area contributed by atoms with E-state index in [1.54, 1.807) is 11.8 Å². The summed E-state index contributed by atoms with van der Waals surface area (Å²) in [4.78, 5) is 18.1. The number of hydrogen-bond donors (Lipinski definition) is 1. The normalized spacial score (nSPS) is 16.3. The topological polar surface area (TPSA) is 87.9 Å². The first-order chi connectivity index (χ1) is 11.0. The fourth-order valence-electron chi connectivity index (χ4n) is 2.74. The van der Waals surface area contributed by atoms with Crippen LogP contribution in [0.4, 0.5) is 8.78 Å². The minimum Gasteiger partial charge on any atom is -0.340 e. The molecule has 1 N–H and O–H groups in total. The number of aromatic nitrogens is 4. The Labute approximate surface area is 131 Å². The molecule has 9 heteroatoms. The van der Waals surface area contributed by atoms with Crippen LogP contribution in [0.3, 0.4) is 0 Å². The molecule has 1 aliphatic heterocycles. The number of hydrogen-bond acceptors (Lipinski definition) is 5. The summed E-state index contributed by atoms with van der Waals surface area (Å²) < 4.78 is 30.0. The van der Waals surface area contributed by atoms with Gasteiger partial charge in [0.25, 0.3) is 12.3 Å². The lowest BCUT2D eigenvalue weighted by atomic mass is 9.93. The number of H-pyrrole nitrogens is 1. The number of nitrogens with zero attached hydrogens (tertiary/aromatic N) is 4. The van der Waals surface area contributed by atoms with Gasteiger partial charge in [0.1, 0.15) is 5.69 Å². The lowest BCUT2D eigenvalue weighted by Gasteiger charge is -2.31. The predicted octanol–water partition coefficient (Wildman–Crippen LogP) is 2.13. The summed E-state index contributed by atoms with van der Waals surface area (Å²) in [6.07, 6.45) is -0.318. The molecule has 23 heavy (non-hydrogen) atoms. The van der Waals surface area contributed by atoms with Crippen LogP contribution in [0.15, 0.2) is 10.6 Å². The third kappa shape index (κ3) is 3.54. The second kappa shape index (κ2) is 6.43. The Morgan fingerprint density at radius 3 is 2.78 bits per heavy atom. The van der Waals surface area contributed by atoms with Gasteiger partial charge in [-0.25, -0.2) is 8.78 Å². The number of amides is 1. The van der Waals surface area contributed by atoms with Crippen molar-refractivity contribution in [2.24, 2.45) is 5.92 Å². The monoisotopic (exact) mass is 325 g/mol. The molecule has 2 aromatic rings. The average molecular weight is 325 g/mol. The number of nitrogens with one attached hydrogen (secondary N) is 1. The SMILES string of the molecule is Cc1nc(CC2CCN(C(=O)c3cc(C(F)F)[nH]n3)CC2)no1. The van der Waals surface area contributed by atoms with Crippen LogP contribution < -0.4 is 0 Å². The molecule has 2 aromatic heterocycles. The zero-order valence-corrected chi connectivity index (χ0v) is 12.6. The van der Waals surface area contributed by atoms with Crippen molar-refractivity contribution in [1.82, 2.24) is 25.2 Å². The second-order valence-electron chi connectivity index (χ2n) is 5.68. The van der Waals surface area contributed by atoms with E-state index in [0.717, 1.165) is 25.3 Å². The number of carbonyl (C=O) groups excluding carboxylic acids is 1. The molecule has 3 heterocycles. The van der Waals surface area contributed by atoms with Crippen molar-refractivity contribution in [3.8, 4) is 0 Å².